The number of hydrogen-bond acceptors (Lipinski definition) is 3. The molecule has 0 aromatic heterocycles. The molecule has 1 aliphatic carbocycles. The monoisotopic (exact) mass is 213 g/mol. The van der Waals surface area contributed by atoms with Crippen molar-refractivity contribution in [3.63, 3.8) is 0 Å². The zero-order valence-electron chi connectivity index (χ0n) is 10.5. The molecule has 0 heterocycles. The van der Waals surface area contributed by atoms with Gasteiger partial charge in [0.1, 0.15) is 11.6 Å². The van der Waals surface area contributed by atoms with Crippen molar-refractivity contribution in [3.05, 3.63) is 0 Å². The molecule has 15 heavy (non-hydrogen) atoms. The number of ether oxygens (including phenoxy) is 1. The lowest BCUT2D eigenvalue weighted by Crippen LogP contribution is -2.49. The summed E-state index contributed by atoms with van der Waals surface area (Å²) in [5.41, 5.74) is -0.389. The first-order valence-corrected chi connectivity index (χ1v) is 5.77. The van der Waals surface area contributed by atoms with E-state index in [0.717, 1.165) is 5.92 Å². The van der Waals surface area contributed by atoms with E-state index in [4.69, 9.17) is 4.74 Å². The molecule has 3 nitrogen and oxygen atoms in total. The van der Waals surface area contributed by atoms with Gasteiger partial charge in [0.15, 0.2) is 0 Å². The standard InChI is InChI=1S/C12H23NO2/c1-8-6-10(7-8)13-9(2)11(14)15-12(3,4)5/h8-10,13H,6-7H2,1-5H3. The first-order chi connectivity index (χ1) is 6.78. The number of carbonyl (C=O) groups excluding carboxylic acids is 1. The quantitative estimate of drug-likeness (QED) is 0.730. The Morgan fingerprint density at radius 3 is 2.33 bits per heavy atom. The maximum Gasteiger partial charge on any atom is 0.323 e. The van der Waals surface area contributed by atoms with Crippen LogP contribution in [-0.4, -0.2) is 23.7 Å². The van der Waals surface area contributed by atoms with Gasteiger partial charge in [-0.3, -0.25) is 4.79 Å². The molecule has 1 fully saturated rings. The van der Waals surface area contributed by atoms with Gasteiger partial charge in [-0.15, -0.1) is 0 Å². The summed E-state index contributed by atoms with van der Waals surface area (Å²) < 4.78 is 5.29. The highest BCUT2D eigenvalue weighted by atomic mass is 16.6. The van der Waals surface area contributed by atoms with Crippen LogP contribution in [0.15, 0.2) is 0 Å². The van der Waals surface area contributed by atoms with Crippen LogP contribution in [0.2, 0.25) is 0 Å². The van der Waals surface area contributed by atoms with Gasteiger partial charge in [-0.1, -0.05) is 6.92 Å². The average Bonchev–Trinajstić information content (AvgIpc) is 1.98. The SMILES string of the molecule is CC1CC(NC(C)C(=O)OC(C)(C)C)C1. The fourth-order valence-corrected chi connectivity index (χ4v) is 1.85. The molecule has 0 radical (unpaired) electrons. The van der Waals surface area contributed by atoms with Crippen LogP contribution >= 0.6 is 0 Å². The molecule has 88 valence electrons. The Bertz CT molecular complexity index is 226. The number of rotatable bonds is 3. The Morgan fingerprint density at radius 1 is 1.40 bits per heavy atom. The summed E-state index contributed by atoms with van der Waals surface area (Å²) in [6, 6.07) is 0.309. The smallest absolute Gasteiger partial charge is 0.323 e. The topological polar surface area (TPSA) is 38.3 Å². The Morgan fingerprint density at radius 2 is 1.93 bits per heavy atom. The van der Waals surface area contributed by atoms with Crippen molar-refractivity contribution in [2.75, 3.05) is 0 Å². The third-order valence-corrected chi connectivity index (χ3v) is 2.62. The minimum absolute atomic E-state index is 0.151. The largest absolute Gasteiger partial charge is 0.459 e. The highest BCUT2D eigenvalue weighted by Crippen LogP contribution is 2.26. The molecular weight excluding hydrogens is 190 g/mol. The molecule has 1 N–H and O–H groups in total. The van der Waals surface area contributed by atoms with Crippen molar-refractivity contribution >= 4 is 5.97 Å². The minimum atomic E-state index is -0.389. The van der Waals surface area contributed by atoms with Crippen LogP contribution in [0.25, 0.3) is 0 Å². The van der Waals surface area contributed by atoms with Gasteiger partial charge in [0.2, 0.25) is 0 Å². The van der Waals surface area contributed by atoms with E-state index in [9.17, 15) is 4.79 Å². The van der Waals surface area contributed by atoms with Crippen LogP contribution in [-0.2, 0) is 9.53 Å². The van der Waals surface area contributed by atoms with Crippen LogP contribution in [0.1, 0.15) is 47.5 Å². The minimum Gasteiger partial charge on any atom is -0.459 e. The maximum absolute atomic E-state index is 11.6. The third-order valence-electron chi connectivity index (χ3n) is 2.62. The van der Waals surface area contributed by atoms with Gasteiger partial charge in [-0.05, 0) is 46.5 Å². The van der Waals surface area contributed by atoms with E-state index in [1.807, 2.05) is 27.7 Å². The van der Waals surface area contributed by atoms with E-state index in [1.54, 1.807) is 0 Å². The highest BCUT2D eigenvalue weighted by Gasteiger charge is 2.29. The first-order valence-electron chi connectivity index (χ1n) is 5.77. The molecule has 0 saturated heterocycles. The lowest BCUT2D eigenvalue weighted by atomic mass is 9.81. The summed E-state index contributed by atoms with van der Waals surface area (Å²) >= 11 is 0. The van der Waals surface area contributed by atoms with Gasteiger partial charge in [-0.2, -0.15) is 0 Å². The second-order valence-corrected chi connectivity index (χ2v) is 5.70. The van der Waals surface area contributed by atoms with Crippen molar-refractivity contribution in [2.24, 2.45) is 5.92 Å². The molecular formula is C12H23NO2. The molecule has 0 spiro atoms. The van der Waals surface area contributed by atoms with E-state index in [0.29, 0.717) is 6.04 Å². The molecule has 3 heteroatoms. The highest BCUT2D eigenvalue weighted by molar-refractivity contribution is 5.75. The van der Waals surface area contributed by atoms with Crippen LogP contribution in [0.4, 0.5) is 0 Å². The number of esters is 1. The summed E-state index contributed by atoms with van der Waals surface area (Å²) in [7, 11) is 0. The van der Waals surface area contributed by atoms with E-state index in [-0.39, 0.29) is 17.6 Å². The van der Waals surface area contributed by atoms with Gasteiger partial charge < -0.3 is 10.1 Å². The zero-order chi connectivity index (χ0) is 11.6. The van der Waals surface area contributed by atoms with Crippen LogP contribution in [0, 0.1) is 5.92 Å². The molecule has 1 unspecified atom stereocenters. The summed E-state index contributed by atoms with van der Waals surface area (Å²) in [4.78, 5) is 11.6. The number of hydrogen-bond donors (Lipinski definition) is 1. The zero-order valence-corrected chi connectivity index (χ0v) is 10.5. The lowest BCUT2D eigenvalue weighted by molar-refractivity contribution is -0.157. The Labute approximate surface area is 92.6 Å². The van der Waals surface area contributed by atoms with Crippen molar-refractivity contribution in [1.82, 2.24) is 5.32 Å². The molecule has 1 rings (SSSR count). The fourth-order valence-electron chi connectivity index (χ4n) is 1.85. The predicted molar refractivity (Wildman–Crippen MR) is 60.6 cm³/mol. The van der Waals surface area contributed by atoms with Crippen molar-refractivity contribution < 1.29 is 9.53 Å². The van der Waals surface area contributed by atoms with Crippen molar-refractivity contribution in [1.29, 1.82) is 0 Å². The molecule has 1 saturated carbocycles. The van der Waals surface area contributed by atoms with Crippen LogP contribution in [0.5, 0.6) is 0 Å². The van der Waals surface area contributed by atoms with E-state index < -0.39 is 0 Å². The first kappa shape index (κ1) is 12.5. The molecule has 0 aromatic rings. The fraction of sp³-hybridized carbons (Fsp3) is 0.917. The number of nitrogens with one attached hydrogen (secondary N) is 1. The summed E-state index contributed by atoms with van der Waals surface area (Å²) in [5, 5.41) is 3.29. The lowest BCUT2D eigenvalue weighted by Gasteiger charge is -2.35. The van der Waals surface area contributed by atoms with Crippen molar-refractivity contribution in [3.8, 4) is 0 Å². The molecule has 0 amide bonds. The van der Waals surface area contributed by atoms with E-state index in [2.05, 4.69) is 12.2 Å². The van der Waals surface area contributed by atoms with Gasteiger partial charge in [0, 0.05) is 6.04 Å². The molecule has 1 aliphatic rings. The van der Waals surface area contributed by atoms with Gasteiger partial charge >= 0.3 is 5.97 Å². The Kier molecular flexibility index (Phi) is 3.77. The third kappa shape index (κ3) is 4.20. The second kappa shape index (κ2) is 4.52. The normalized spacial score (nSPS) is 28.1. The van der Waals surface area contributed by atoms with Crippen LogP contribution in [0.3, 0.4) is 0 Å². The van der Waals surface area contributed by atoms with Gasteiger partial charge in [-0.25, -0.2) is 0 Å². The average molecular weight is 213 g/mol. The molecule has 0 aliphatic heterocycles. The molecule has 1 atom stereocenters. The second-order valence-electron chi connectivity index (χ2n) is 5.70. The van der Waals surface area contributed by atoms with Gasteiger partial charge in [0.05, 0.1) is 0 Å². The van der Waals surface area contributed by atoms with E-state index in [1.165, 1.54) is 12.8 Å². The maximum atomic E-state index is 11.6. The predicted octanol–water partition coefficient (Wildman–Crippen LogP) is 2.10. The Hall–Kier alpha value is -0.570. The summed E-state index contributed by atoms with van der Waals surface area (Å²) in [6.07, 6.45) is 2.35. The summed E-state index contributed by atoms with van der Waals surface area (Å²) in [6.45, 7) is 9.78. The Balaban J connectivity index is 2.27. The molecule has 0 aromatic carbocycles. The molecule has 0 bridgehead atoms. The van der Waals surface area contributed by atoms with E-state index >= 15 is 0 Å². The van der Waals surface area contributed by atoms with Gasteiger partial charge in [0.25, 0.3) is 0 Å². The summed E-state index contributed by atoms with van der Waals surface area (Å²) in [5.74, 6) is 0.649. The van der Waals surface area contributed by atoms with Crippen LogP contribution < -0.4 is 5.32 Å². The van der Waals surface area contributed by atoms with Crippen molar-refractivity contribution in [2.45, 2.75) is 65.1 Å². The number of carbonyl (C=O) groups is 1.